The first-order valence-corrected chi connectivity index (χ1v) is 10.3. The molecule has 0 radical (unpaired) electrons. The van der Waals surface area contributed by atoms with Crippen LogP contribution in [0.3, 0.4) is 0 Å². The van der Waals surface area contributed by atoms with Crippen molar-refractivity contribution in [3.63, 3.8) is 0 Å². The van der Waals surface area contributed by atoms with Crippen molar-refractivity contribution >= 4 is 17.7 Å². The first-order chi connectivity index (χ1) is 15.3. The van der Waals surface area contributed by atoms with Gasteiger partial charge in [-0.25, -0.2) is 14.8 Å². The minimum Gasteiger partial charge on any atom is -0.475 e. The molecule has 4 rings (SSSR count). The smallest absolute Gasteiger partial charge is 0.475 e. The molecule has 1 atom stereocenters. The number of halogens is 3. The summed E-state index contributed by atoms with van der Waals surface area (Å²) in [5, 5.41) is 7.12. The number of carboxylic acid groups (broad SMARTS) is 1. The lowest BCUT2D eigenvalue weighted by atomic mass is 10.0. The van der Waals surface area contributed by atoms with E-state index < -0.39 is 12.1 Å². The summed E-state index contributed by atoms with van der Waals surface area (Å²) in [6, 6.07) is 1.72. The predicted octanol–water partition coefficient (Wildman–Crippen LogP) is 1.81. The van der Waals surface area contributed by atoms with E-state index in [1.54, 1.807) is 6.20 Å². The normalized spacial score (nSPS) is 21.8. The van der Waals surface area contributed by atoms with E-state index in [1.807, 2.05) is 11.0 Å². The van der Waals surface area contributed by atoms with Crippen LogP contribution in [0.25, 0.3) is 0 Å². The van der Waals surface area contributed by atoms with E-state index in [2.05, 4.69) is 22.0 Å². The van der Waals surface area contributed by atoms with Crippen molar-refractivity contribution < 1.29 is 37.3 Å². The lowest BCUT2D eigenvalue weighted by Crippen LogP contribution is -2.46. The molecular weight excluding hydrogens is 433 g/mol. The molecule has 2 aliphatic heterocycles. The largest absolute Gasteiger partial charge is 0.490 e. The van der Waals surface area contributed by atoms with Gasteiger partial charge in [-0.3, -0.25) is 4.79 Å². The highest BCUT2D eigenvalue weighted by Crippen LogP contribution is 2.28. The number of allylic oxidation sites excluding steroid dienone is 2. The Hall–Kier alpha value is -2.73. The average Bonchev–Trinajstić information content (AvgIpc) is 3.34. The lowest BCUT2D eigenvalue weighted by molar-refractivity contribution is -0.192. The molecular formula is C20H25F3N4O5. The van der Waals surface area contributed by atoms with Gasteiger partial charge in [0.2, 0.25) is 5.91 Å². The van der Waals surface area contributed by atoms with Gasteiger partial charge in [-0.05, 0) is 18.9 Å². The second-order valence-corrected chi connectivity index (χ2v) is 7.44. The van der Waals surface area contributed by atoms with E-state index >= 15 is 0 Å². The van der Waals surface area contributed by atoms with E-state index in [9.17, 15) is 18.0 Å². The number of hydrogen-bond acceptors (Lipinski definition) is 7. The Labute approximate surface area is 182 Å². The zero-order valence-corrected chi connectivity index (χ0v) is 17.3. The molecule has 12 heteroatoms. The molecule has 1 aromatic rings. The van der Waals surface area contributed by atoms with Crippen LogP contribution in [-0.4, -0.2) is 84.1 Å². The number of anilines is 1. The molecule has 3 heterocycles. The monoisotopic (exact) mass is 458 g/mol. The molecule has 1 amide bonds. The third kappa shape index (κ3) is 6.16. The summed E-state index contributed by atoms with van der Waals surface area (Å²) in [5.41, 5.74) is 0. The van der Waals surface area contributed by atoms with Gasteiger partial charge in [0.1, 0.15) is 11.9 Å². The summed E-state index contributed by atoms with van der Waals surface area (Å²) in [6.45, 7) is 4.72. The Balaban J connectivity index is 0.000000360. The fraction of sp³-hybridized carbons (Fsp3) is 0.600. The standard InChI is InChI=1S/C18H24N4O3.C2HF3O2/c23-18(14-3-1-2-4-14)22-9-12-25-13-15(22)17-19-6-5-16(20-17)21-7-10-24-11-8-21;3-2(4,5)1(6)7/h1-2,5-6,14-15H,3-4,7-13H2;(H,6,7). The summed E-state index contributed by atoms with van der Waals surface area (Å²) in [7, 11) is 0. The molecule has 1 unspecified atom stereocenters. The number of rotatable bonds is 3. The van der Waals surface area contributed by atoms with Crippen LogP contribution in [0.5, 0.6) is 0 Å². The van der Waals surface area contributed by atoms with Crippen molar-refractivity contribution in [2.24, 2.45) is 5.92 Å². The number of ether oxygens (including phenoxy) is 2. The fourth-order valence-electron chi connectivity index (χ4n) is 3.63. The SMILES string of the molecule is O=C(C1CC=CC1)N1CCOCC1c1nccc(N2CCOCC2)n1.O=C(O)C(F)(F)F. The summed E-state index contributed by atoms with van der Waals surface area (Å²) in [4.78, 5) is 35.1. The van der Waals surface area contributed by atoms with E-state index in [0.29, 0.717) is 38.8 Å². The van der Waals surface area contributed by atoms with Crippen LogP contribution in [-0.2, 0) is 19.1 Å². The molecule has 9 nitrogen and oxygen atoms in total. The van der Waals surface area contributed by atoms with E-state index in [1.165, 1.54) is 0 Å². The van der Waals surface area contributed by atoms with Gasteiger partial charge in [0.05, 0.1) is 26.4 Å². The average molecular weight is 458 g/mol. The topological polar surface area (TPSA) is 105 Å². The van der Waals surface area contributed by atoms with Gasteiger partial charge in [0.15, 0.2) is 5.82 Å². The zero-order chi connectivity index (χ0) is 23.1. The molecule has 32 heavy (non-hydrogen) atoms. The van der Waals surface area contributed by atoms with Gasteiger partial charge in [-0.1, -0.05) is 12.2 Å². The Bertz CT molecular complexity index is 822. The van der Waals surface area contributed by atoms with Gasteiger partial charge in [-0.15, -0.1) is 0 Å². The van der Waals surface area contributed by atoms with Gasteiger partial charge in [-0.2, -0.15) is 13.2 Å². The molecule has 0 saturated carbocycles. The molecule has 1 N–H and O–H groups in total. The number of aliphatic carboxylic acids is 1. The molecule has 0 bridgehead atoms. The highest BCUT2D eigenvalue weighted by molar-refractivity contribution is 5.80. The Kier molecular flexibility index (Phi) is 8.02. The Morgan fingerprint density at radius 1 is 1.06 bits per heavy atom. The van der Waals surface area contributed by atoms with Crippen molar-refractivity contribution in [1.82, 2.24) is 14.9 Å². The first-order valence-electron chi connectivity index (χ1n) is 10.3. The number of aromatic nitrogens is 2. The van der Waals surface area contributed by atoms with E-state index in [0.717, 1.165) is 31.7 Å². The van der Waals surface area contributed by atoms with Crippen molar-refractivity contribution in [2.75, 3.05) is 51.0 Å². The first kappa shape index (κ1) is 23.9. The number of nitrogens with zero attached hydrogens (tertiary/aromatic N) is 4. The van der Waals surface area contributed by atoms with Crippen molar-refractivity contribution in [2.45, 2.75) is 25.1 Å². The lowest BCUT2D eigenvalue weighted by Gasteiger charge is -2.36. The van der Waals surface area contributed by atoms with E-state index in [4.69, 9.17) is 24.4 Å². The summed E-state index contributed by atoms with van der Waals surface area (Å²) >= 11 is 0. The number of amides is 1. The van der Waals surface area contributed by atoms with Crippen LogP contribution in [0.2, 0.25) is 0 Å². The highest BCUT2D eigenvalue weighted by Gasteiger charge is 2.38. The van der Waals surface area contributed by atoms with Crippen LogP contribution in [0.4, 0.5) is 19.0 Å². The second kappa shape index (κ2) is 10.7. The summed E-state index contributed by atoms with van der Waals surface area (Å²) in [5.74, 6) is -0.939. The van der Waals surface area contributed by atoms with E-state index in [-0.39, 0.29) is 17.9 Å². The summed E-state index contributed by atoms with van der Waals surface area (Å²) < 4.78 is 42.8. The van der Waals surface area contributed by atoms with Gasteiger partial charge in [0, 0.05) is 31.7 Å². The third-order valence-corrected chi connectivity index (χ3v) is 5.30. The maximum Gasteiger partial charge on any atom is 0.490 e. The summed E-state index contributed by atoms with van der Waals surface area (Å²) in [6.07, 6.45) is 2.54. The number of carbonyl (C=O) groups excluding carboxylic acids is 1. The third-order valence-electron chi connectivity index (χ3n) is 5.30. The van der Waals surface area contributed by atoms with Crippen LogP contribution in [0, 0.1) is 5.92 Å². The minimum absolute atomic E-state index is 0.0584. The van der Waals surface area contributed by atoms with Crippen LogP contribution >= 0.6 is 0 Å². The van der Waals surface area contributed by atoms with Crippen LogP contribution in [0.15, 0.2) is 24.4 Å². The zero-order valence-electron chi connectivity index (χ0n) is 17.3. The quantitative estimate of drug-likeness (QED) is 0.684. The van der Waals surface area contributed by atoms with Crippen LogP contribution < -0.4 is 4.90 Å². The molecule has 2 saturated heterocycles. The number of carbonyl (C=O) groups is 2. The molecule has 1 aliphatic carbocycles. The maximum atomic E-state index is 12.9. The predicted molar refractivity (Wildman–Crippen MR) is 106 cm³/mol. The highest BCUT2D eigenvalue weighted by atomic mass is 19.4. The number of carboxylic acids is 1. The maximum absolute atomic E-state index is 12.9. The number of alkyl halides is 3. The number of hydrogen-bond donors (Lipinski definition) is 1. The van der Waals surface area contributed by atoms with Crippen molar-refractivity contribution in [3.05, 3.63) is 30.2 Å². The van der Waals surface area contributed by atoms with Crippen molar-refractivity contribution in [3.8, 4) is 0 Å². The molecule has 1 aromatic heterocycles. The van der Waals surface area contributed by atoms with Gasteiger partial charge >= 0.3 is 12.1 Å². The Morgan fingerprint density at radius 2 is 1.69 bits per heavy atom. The molecule has 0 aromatic carbocycles. The fourth-order valence-corrected chi connectivity index (χ4v) is 3.63. The molecule has 3 aliphatic rings. The number of morpholine rings is 2. The minimum atomic E-state index is -5.08. The molecule has 0 spiro atoms. The van der Waals surface area contributed by atoms with Gasteiger partial charge < -0.3 is 24.4 Å². The molecule has 2 fully saturated rings. The van der Waals surface area contributed by atoms with Gasteiger partial charge in [0.25, 0.3) is 0 Å². The Morgan fingerprint density at radius 3 is 2.31 bits per heavy atom. The molecule has 176 valence electrons. The van der Waals surface area contributed by atoms with Crippen LogP contribution in [0.1, 0.15) is 24.7 Å². The second-order valence-electron chi connectivity index (χ2n) is 7.44. The van der Waals surface area contributed by atoms with Crippen molar-refractivity contribution in [1.29, 1.82) is 0 Å².